The molecule has 3 heterocycles. The van der Waals surface area contributed by atoms with Crippen LogP contribution in [0, 0.1) is 0 Å². The van der Waals surface area contributed by atoms with Crippen LogP contribution in [-0.2, 0) is 18.4 Å². The molecule has 4 rings (SSSR count). The van der Waals surface area contributed by atoms with Crippen molar-refractivity contribution in [3.8, 4) is 0 Å². The second-order valence-electron chi connectivity index (χ2n) is 8.36. The second kappa shape index (κ2) is 8.43. The third-order valence-corrected chi connectivity index (χ3v) is 6.03. The smallest absolute Gasteiger partial charge is 0.319 e. The molecular formula is C22H24N6O2S. The van der Waals surface area contributed by atoms with Gasteiger partial charge in [-0.3, -0.25) is 15.1 Å². The maximum absolute atomic E-state index is 12.7. The van der Waals surface area contributed by atoms with Crippen LogP contribution >= 0.6 is 11.3 Å². The minimum atomic E-state index is -0.354. The van der Waals surface area contributed by atoms with Gasteiger partial charge in [-0.1, -0.05) is 44.2 Å². The van der Waals surface area contributed by atoms with E-state index >= 15 is 0 Å². The third-order valence-electron chi connectivity index (χ3n) is 5.04. The highest BCUT2D eigenvalue weighted by Gasteiger charge is 2.25. The van der Waals surface area contributed by atoms with Gasteiger partial charge in [-0.25, -0.2) is 14.8 Å². The number of benzene rings is 1. The first kappa shape index (κ1) is 20.9. The fourth-order valence-corrected chi connectivity index (χ4v) is 4.27. The zero-order chi connectivity index (χ0) is 22.0. The molecule has 0 bridgehead atoms. The van der Waals surface area contributed by atoms with Crippen molar-refractivity contribution in [3.05, 3.63) is 64.7 Å². The molecule has 1 aliphatic rings. The number of fused-ring (bicyclic) bond motifs is 1. The van der Waals surface area contributed by atoms with Crippen molar-refractivity contribution in [2.45, 2.75) is 39.2 Å². The summed E-state index contributed by atoms with van der Waals surface area (Å²) in [6.45, 7) is 7.50. The Morgan fingerprint density at radius 2 is 1.87 bits per heavy atom. The Balaban J connectivity index is 1.38. The molecule has 0 aliphatic carbocycles. The first-order valence-electron chi connectivity index (χ1n) is 10.0. The minimum Gasteiger partial charge on any atom is -0.319 e. The number of rotatable bonds is 3. The van der Waals surface area contributed by atoms with Gasteiger partial charge in [-0.05, 0) is 23.1 Å². The molecule has 9 heteroatoms. The van der Waals surface area contributed by atoms with Crippen LogP contribution in [0.4, 0.5) is 15.6 Å². The average molecular weight is 437 g/mol. The van der Waals surface area contributed by atoms with Gasteiger partial charge in [0, 0.05) is 35.9 Å². The molecule has 1 aliphatic heterocycles. The minimum absolute atomic E-state index is 0.0677. The zero-order valence-electron chi connectivity index (χ0n) is 17.7. The van der Waals surface area contributed by atoms with E-state index in [0.29, 0.717) is 24.6 Å². The number of nitrogens with zero attached hydrogens (tertiary/aromatic N) is 4. The number of carbonyl (C=O) groups is 2. The lowest BCUT2D eigenvalue weighted by Crippen LogP contribution is -2.38. The summed E-state index contributed by atoms with van der Waals surface area (Å²) in [6.07, 6.45) is 5.03. The van der Waals surface area contributed by atoms with Crippen molar-refractivity contribution in [2.75, 3.05) is 17.2 Å². The van der Waals surface area contributed by atoms with Crippen molar-refractivity contribution in [3.63, 3.8) is 0 Å². The van der Waals surface area contributed by atoms with E-state index in [1.165, 1.54) is 35.5 Å². The quantitative estimate of drug-likeness (QED) is 0.645. The lowest BCUT2D eigenvalue weighted by atomic mass is 9.87. The fraction of sp³-hybridized carbons (Fsp3) is 0.318. The number of carbonyl (C=O) groups excluding carboxylic acids is 2. The topological polar surface area (TPSA) is 100 Å². The van der Waals surface area contributed by atoms with Crippen molar-refractivity contribution >= 4 is 34.1 Å². The Hall–Kier alpha value is -3.33. The van der Waals surface area contributed by atoms with Crippen molar-refractivity contribution in [1.29, 1.82) is 0 Å². The molecule has 1 aromatic carbocycles. The van der Waals surface area contributed by atoms with E-state index in [0.717, 1.165) is 16.3 Å². The number of nitrogens with one attached hydrogen (secondary N) is 2. The molecule has 31 heavy (non-hydrogen) atoms. The van der Waals surface area contributed by atoms with Crippen LogP contribution in [0.3, 0.4) is 0 Å². The summed E-state index contributed by atoms with van der Waals surface area (Å²) in [5, 5.41) is 6.23. The molecule has 160 valence electrons. The molecule has 0 fully saturated rings. The summed E-state index contributed by atoms with van der Waals surface area (Å²) in [4.78, 5) is 40.1. The normalized spacial score (nSPS) is 13.5. The first-order valence-corrected chi connectivity index (χ1v) is 10.8. The lowest BCUT2D eigenvalue weighted by Gasteiger charge is -2.26. The number of hydrogen-bond acceptors (Lipinski definition) is 6. The van der Waals surface area contributed by atoms with E-state index in [-0.39, 0.29) is 23.0 Å². The van der Waals surface area contributed by atoms with E-state index in [4.69, 9.17) is 0 Å². The van der Waals surface area contributed by atoms with Crippen molar-refractivity contribution in [2.24, 2.45) is 0 Å². The monoisotopic (exact) mass is 436 g/mol. The summed E-state index contributed by atoms with van der Waals surface area (Å²) in [6, 6.07) is 7.80. The highest BCUT2D eigenvalue weighted by molar-refractivity contribution is 7.15. The molecule has 0 spiro atoms. The van der Waals surface area contributed by atoms with Gasteiger partial charge < -0.3 is 10.2 Å². The largest absolute Gasteiger partial charge is 0.322 e. The molecule has 0 saturated carbocycles. The Bertz CT molecular complexity index is 1090. The van der Waals surface area contributed by atoms with Crippen LogP contribution in [-0.4, -0.2) is 38.3 Å². The van der Waals surface area contributed by atoms with Crippen LogP contribution in [0.15, 0.2) is 42.9 Å². The van der Waals surface area contributed by atoms with Crippen LogP contribution in [0.5, 0.6) is 0 Å². The number of thiazole rings is 1. The molecule has 3 aromatic rings. The van der Waals surface area contributed by atoms with E-state index in [1.807, 2.05) is 24.3 Å². The van der Waals surface area contributed by atoms with Gasteiger partial charge in [0.05, 0.1) is 18.4 Å². The summed E-state index contributed by atoms with van der Waals surface area (Å²) < 4.78 is 0. The predicted molar refractivity (Wildman–Crippen MR) is 120 cm³/mol. The molecule has 0 saturated heterocycles. The van der Waals surface area contributed by atoms with Gasteiger partial charge in [-0.15, -0.1) is 0 Å². The standard InChI is InChI=1S/C22H24N6O2S/c1-22(2,3)14-4-6-15(7-5-14)25-21(30)28-11-8-16-18(13-28)31-20(26-16)27-19(29)17-12-23-9-10-24-17/h4-7,9-10,12H,8,11,13H2,1-3H3,(H,25,30)(H,26,27,29). The van der Waals surface area contributed by atoms with Crippen LogP contribution < -0.4 is 10.6 Å². The summed E-state index contributed by atoms with van der Waals surface area (Å²) in [5.74, 6) is -0.354. The summed E-state index contributed by atoms with van der Waals surface area (Å²) in [5.41, 5.74) is 3.20. The Labute approximate surface area is 184 Å². The van der Waals surface area contributed by atoms with Crippen LogP contribution in [0.25, 0.3) is 0 Å². The molecular weight excluding hydrogens is 412 g/mol. The lowest BCUT2D eigenvalue weighted by molar-refractivity contribution is 0.102. The van der Waals surface area contributed by atoms with Crippen LogP contribution in [0.2, 0.25) is 0 Å². The van der Waals surface area contributed by atoms with Gasteiger partial charge in [-0.2, -0.15) is 0 Å². The average Bonchev–Trinajstić information content (AvgIpc) is 3.15. The molecule has 2 N–H and O–H groups in total. The van der Waals surface area contributed by atoms with Gasteiger partial charge in [0.2, 0.25) is 0 Å². The first-order chi connectivity index (χ1) is 14.8. The third kappa shape index (κ3) is 4.88. The number of aromatic nitrogens is 3. The highest BCUT2D eigenvalue weighted by atomic mass is 32.1. The van der Waals surface area contributed by atoms with Gasteiger partial charge in [0.1, 0.15) is 5.69 Å². The highest BCUT2D eigenvalue weighted by Crippen LogP contribution is 2.29. The van der Waals surface area contributed by atoms with Gasteiger partial charge in [0.25, 0.3) is 5.91 Å². The van der Waals surface area contributed by atoms with E-state index in [9.17, 15) is 9.59 Å². The maximum atomic E-state index is 12.7. The number of amides is 3. The van der Waals surface area contributed by atoms with Crippen molar-refractivity contribution in [1.82, 2.24) is 19.9 Å². The van der Waals surface area contributed by atoms with Gasteiger partial charge in [0.15, 0.2) is 5.13 Å². The van der Waals surface area contributed by atoms with E-state index in [1.54, 1.807) is 4.90 Å². The SMILES string of the molecule is CC(C)(C)c1ccc(NC(=O)N2CCc3nc(NC(=O)c4cnccn4)sc3C2)cc1. The van der Waals surface area contributed by atoms with Crippen molar-refractivity contribution < 1.29 is 9.59 Å². The Morgan fingerprint density at radius 3 is 2.55 bits per heavy atom. The number of urea groups is 1. The number of anilines is 2. The van der Waals surface area contributed by atoms with Gasteiger partial charge >= 0.3 is 6.03 Å². The van der Waals surface area contributed by atoms with Crippen LogP contribution in [0.1, 0.15) is 47.4 Å². The Kier molecular flexibility index (Phi) is 5.69. The summed E-state index contributed by atoms with van der Waals surface area (Å²) >= 11 is 1.38. The number of hydrogen-bond donors (Lipinski definition) is 2. The van der Waals surface area contributed by atoms with E-state index < -0.39 is 0 Å². The molecule has 0 atom stereocenters. The summed E-state index contributed by atoms with van der Waals surface area (Å²) in [7, 11) is 0. The molecule has 0 unspecified atom stereocenters. The van der Waals surface area contributed by atoms with E-state index in [2.05, 4.69) is 46.4 Å². The molecule has 3 amide bonds. The molecule has 0 radical (unpaired) electrons. The second-order valence-corrected chi connectivity index (χ2v) is 9.45. The molecule has 8 nitrogen and oxygen atoms in total. The molecule has 2 aromatic heterocycles. The predicted octanol–water partition coefficient (Wildman–Crippen LogP) is 4.07. The fourth-order valence-electron chi connectivity index (χ4n) is 3.26. The zero-order valence-corrected chi connectivity index (χ0v) is 18.5. The Morgan fingerprint density at radius 1 is 1.10 bits per heavy atom. The maximum Gasteiger partial charge on any atom is 0.322 e.